The number of nitrogens with zero attached hydrogens (tertiary/aromatic N) is 1. The molecule has 2 rings (SSSR count). The van der Waals surface area contributed by atoms with E-state index in [1.807, 2.05) is 6.07 Å². The maximum atomic E-state index is 12.5. The number of benzene rings is 2. The van der Waals surface area contributed by atoms with Gasteiger partial charge in [-0.05, 0) is 86.3 Å². The predicted molar refractivity (Wildman–Crippen MR) is 131 cm³/mol. The van der Waals surface area contributed by atoms with Crippen molar-refractivity contribution >= 4 is 55.5 Å². The van der Waals surface area contributed by atoms with Gasteiger partial charge in [-0.2, -0.15) is 5.26 Å². The summed E-state index contributed by atoms with van der Waals surface area (Å²) in [6, 6.07) is 11.7. The molecule has 168 valence electrons. The van der Waals surface area contributed by atoms with Crippen molar-refractivity contribution < 1.29 is 19.1 Å². The standard InChI is InChI=1S/C24H24Br2N2O4/c1-3-4-5-6-11-32-22-20(25)13-16(14-21(22)26)12-18(15-27)23(29)28-19-9-7-17(8-10-19)24(30)31-2/h7-10,12-14H,3-6,11H2,1-2H3,(H,28,29)/b18-12-. The average Bonchev–Trinajstić information content (AvgIpc) is 2.78. The second kappa shape index (κ2) is 13.0. The average molecular weight is 564 g/mol. The summed E-state index contributed by atoms with van der Waals surface area (Å²) in [6.45, 7) is 2.78. The van der Waals surface area contributed by atoms with Crippen molar-refractivity contribution in [2.45, 2.75) is 32.6 Å². The minimum Gasteiger partial charge on any atom is -0.491 e. The molecule has 0 aliphatic heterocycles. The summed E-state index contributed by atoms with van der Waals surface area (Å²) in [5.74, 6) is -0.334. The normalized spacial score (nSPS) is 10.9. The fourth-order valence-corrected chi connectivity index (χ4v) is 4.28. The van der Waals surface area contributed by atoms with Crippen molar-refractivity contribution in [1.29, 1.82) is 5.26 Å². The summed E-state index contributed by atoms with van der Waals surface area (Å²) in [5, 5.41) is 12.1. The number of esters is 1. The molecule has 0 aliphatic rings. The van der Waals surface area contributed by atoms with E-state index in [0.717, 1.165) is 21.8 Å². The Bertz CT molecular complexity index is 1000. The first-order valence-electron chi connectivity index (χ1n) is 10.1. The zero-order valence-corrected chi connectivity index (χ0v) is 21.1. The second-order valence-corrected chi connectivity index (χ2v) is 8.62. The Morgan fingerprint density at radius 3 is 2.31 bits per heavy atom. The fourth-order valence-electron chi connectivity index (χ4n) is 2.82. The van der Waals surface area contributed by atoms with Crippen LogP contribution in [0.2, 0.25) is 0 Å². The van der Waals surface area contributed by atoms with Crippen molar-refractivity contribution in [3.8, 4) is 11.8 Å². The van der Waals surface area contributed by atoms with Gasteiger partial charge < -0.3 is 14.8 Å². The number of methoxy groups -OCH3 is 1. The van der Waals surface area contributed by atoms with E-state index >= 15 is 0 Å². The van der Waals surface area contributed by atoms with Gasteiger partial charge in [0, 0.05) is 5.69 Å². The molecule has 8 heteroatoms. The van der Waals surface area contributed by atoms with Gasteiger partial charge in [0.05, 0.1) is 28.2 Å². The number of amides is 1. The Morgan fingerprint density at radius 2 is 1.75 bits per heavy atom. The Hall–Kier alpha value is -2.63. The van der Waals surface area contributed by atoms with Crippen LogP contribution in [0.15, 0.2) is 50.9 Å². The van der Waals surface area contributed by atoms with Crippen LogP contribution < -0.4 is 10.1 Å². The van der Waals surface area contributed by atoms with Gasteiger partial charge >= 0.3 is 5.97 Å². The van der Waals surface area contributed by atoms with E-state index in [9.17, 15) is 14.9 Å². The number of hydrogen-bond donors (Lipinski definition) is 1. The van der Waals surface area contributed by atoms with Gasteiger partial charge in [-0.1, -0.05) is 26.2 Å². The number of unbranched alkanes of at least 4 members (excludes halogenated alkanes) is 3. The van der Waals surface area contributed by atoms with E-state index < -0.39 is 11.9 Å². The fraction of sp³-hybridized carbons (Fsp3) is 0.292. The highest BCUT2D eigenvalue weighted by atomic mass is 79.9. The van der Waals surface area contributed by atoms with Crippen LogP contribution in [-0.4, -0.2) is 25.6 Å². The van der Waals surface area contributed by atoms with E-state index in [4.69, 9.17) is 4.74 Å². The lowest BCUT2D eigenvalue weighted by atomic mass is 10.1. The monoisotopic (exact) mass is 562 g/mol. The Morgan fingerprint density at radius 1 is 1.09 bits per heavy atom. The van der Waals surface area contributed by atoms with E-state index in [1.54, 1.807) is 24.3 Å². The quantitative estimate of drug-likeness (QED) is 0.154. The maximum absolute atomic E-state index is 12.5. The third kappa shape index (κ3) is 7.50. The molecule has 0 fully saturated rings. The largest absolute Gasteiger partial charge is 0.491 e. The minimum atomic E-state index is -0.554. The Labute approximate surface area is 204 Å². The minimum absolute atomic E-state index is 0.0610. The molecular weight excluding hydrogens is 540 g/mol. The highest BCUT2D eigenvalue weighted by molar-refractivity contribution is 9.11. The molecule has 0 saturated carbocycles. The molecule has 0 aromatic heterocycles. The molecule has 0 heterocycles. The predicted octanol–water partition coefficient (Wildman–Crippen LogP) is 6.50. The zero-order valence-electron chi connectivity index (χ0n) is 17.9. The first-order chi connectivity index (χ1) is 15.4. The number of rotatable bonds is 10. The number of carbonyl (C=O) groups excluding carboxylic acids is 2. The molecule has 0 unspecified atom stereocenters. The molecule has 2 aromatic carbocycles. The van der Waals surface area contributed by atoms with Gasteiger partial charge in [0.1, 0.15) is 17.4 Å². The summed E-state index contributed by atoms with van der Waals surface area (Å²) >= 11 is 7.00. The molecule has 0 atom stereocenters. The van der Waals surface area contributed by atoms with Crippen LogP contribution in [0.4, 0.5) is 5.69 Å². The van der Waals surface area contributed by atoms with E-state index in [1.165, 1.54) is 38.2 Å². The summed E-state index contributed by atoms with van der Waals surface area (Å²) in [7, 11) is 1.30. The molecule has 0 saturated heterocycles. The number of anilines is 1. The topological polar surface area (TPSA) is 88.4 Å². The van der Waals surface area contributed by atoms with Crippen LogP contribution in [0.3, 0.4) is 0 Å². The molecule has 1 N–H and O–H groups in total. The van der Waals surface area contributed by atoms with Crippen molar-refractivity contribution in [2.75, 3.05) is 19.0 Å². The van der Waals surface area contributed by atoms with Gasteiger partial charge in [0.25, 0.3) is 5.91 Å². The van der Waals surface area contributed by atoms with Crippen LogP contribution in [0.5, 0.6) is 5.75 Å². The van der Waals surface area contributed by atoms with Crippen LogP contribution in [0.1, 0.15) is 48.5 Å². The van der Waals surface area contributed by atoms with Gasteiger partial charge in [0.2, 0.25) is 0 Å². The molecule has 0 spiro atoms. The van der Waals surface area contributed by atoms with Crippen molar-refractivity contribution in [1.82, 2.24) is 0 Å². The first kappa shape index (κ1) is 25.6. The summed E-state index contributed by atoms with van der Waals surface area (Å²) in [6.07, 6.45) is 5.96. The number of nitriles is 1. The molecule has 0 radical (unpaired) electrons. The Kier molecular flexibility index (Phi) is 10.4. The third-order valence-corrected chi connectivity index (χ3v) is 5.68. The number of halogens is 2. The zero-order chi connectivity index (χ0) is 23.5. The smallest absolute Gasteiger partial charge is 0.337 e. The maximum Gasteiger partial charge on any atom is 0.337 e. The van der Waals surface area contributed by atoms with Gasteiger partial charge in [-0.15, -0.1) is 0 Å². The van der Waals surface area contributed by atoms with Gasteiger partial charge in [0.15, 0.2) is 0 Å². The molecule has 2 aromatic rings. The summed E-state index contributed by atoms with van der Waals surface area (Å²) < 4.78 is 12.0. The van der Waals surface area contributed by atoms with Crippen LogP contribution in [0.25, 0.3) is 6.08 Å². The van der Waals surface area contributed by atoms with Crippen LogP contribution in [0, 0.1) is 11.3 Å². The van der Waals surface area contributed by atoms with Crippen LogP contribution in [-0.2, 0) is 9.53 Å². The van der Waals surface area contributed by atoms with Gasteiger partial charge in [-0.3, -0.25) is 4.79 Å². The van der Waals surface area contributed by atoms with Crippen molar-refractivity contribution in [3.05, 3.63) is 62.0 Å². The third-order valence-electron chi connectivity index (χ3n) is 4.50. The van der Waals surface area contributed by atoms with E-state index in [2.05, 4.69) is 48.8 Å². The van der Waals surface area contributed by atoms with Crippen LogP contribution >= 0.6 is 31.9 Å². The highest BCUT2D eigenvalue weighted by Crippen LogP contribution is 2.35. The second-order valence-electron chi connectivity index (χ2n) is 6.92. The summed E-state index contributed by atoms with van der Waals surface area (Å²) in [4.78, 5) is 24.1. The molecule has 6 nitrogen and oxygen atoms in total. The van der Waals surface area contributed by atoms with Crippen molar-refractivity contribution in [2.24, 2.45) is 0 Å². The lowest BCUT2D eigenvalue weighted by Gasteiger charge is -2.11. The lowest BCUT2D eigenvalue weighted by Crippen LogP contribution is -2.13. The number of nitrogens with one attached hydrogen (secondary N) is 1. The summed E-state index contributed by atoms with van der Waals surface area (Å²) in [5.41, 5.74) is 1.42. The van der Waals surface area contributed by atoms with Gasteiger partial charge in [-0.25, -0.2) is 4.79 Å². The van der Waals surface area contributed by atoms with E-state index in [-0.39, 0.29) is 5.57 Å². The molecule has 1 amide bonds. The Balaban J connectivity index is 2.10. The van der Waals surface area contributed by atoms with Crippen molar-refractivity contribution in [3.63, 3.8) is 0 Å². The number of hydrogen-bond acceptors (Lipinski definition) is 5. The lowest BCUT2D eigenvalue weighted by molar-refractivity contribution is -0.112. The van der Waals surface area contributed by atoms with E-state index in [0.29, 0.717) is 29.2 Å². The molecule has 32 heavy (non-hydrogen) atoms. The number of carbonyl (C=O) groups is 2. The highest BCUT2D eigenvalue weighted by Gasteiger charge is 2.13. The molecule has 0 bridgehead atoms. The molecular formula is C24H24Br2N2O4. The number of ether oxygens (including phenoxy) is 2. The first-order valence-corrected chi connectivity index (χ1v) is 11.7. The molecule has 0 aliphatic carbocycles. The SMILES string of the molecule is CCCCCCOc1c(Br)cc(/C=C(/C#N)C(=O)Nc2ccc(C(=O)OC)cc2)cc1Br.